The van der Waals surface area contributed by atoms with E-state index < -0.39 is 0 Å². The van der Waals surface area contributed by atoms with Gasteiger partial charge in [-0.2, -0.15) is 0 Å². The fraction of sp³-hybridized carbons (Fsp3) is 0.706. The lowest BCUT2D eigenvalue weighted by atomic mass is 9.91. The number of hydrogen-bond donors (Lipinski definition) is 2. The third-order valence-corrected chi connectivity index (χ3v) is 5.42. The molecule has 0 aromatic carbocycles. The normalized spacial score (nSPS) is 34.2. The van der Waals surface area contributed by atoms with Gasteiger partial charge in [-0.25, -0.2) is 4.98 Å². The SMILES string of the molecule is Cc1nc(N2C3COCC2C3)ccc1NC1CCC(N)CC1. The molecular weight excluding hydrogens is 276 g/mol. The van der Waals surface area contributed by atoms with Crippen molar-refractivity contribution in [3.05, 3.63) is 17.8 Å². The number of aryl methyl sites for hydroxylation is 1. The minimum Gasteiger partial charge on any atom is -0.381 e. The van der Waals surface area contributed by atoms with Crippen LogP contribution in [0, 0.1) is 6.92 Å². The molecule has 1 saturated carbocycles. The lowest BCUT2D eigenvalue weighted by molar-refractivity contribution is 0.00969. The topological polar surface area (TPSA) is 63.4 Å². The van der Waals surface area contributed by atoms with Crippen molar-refractivity contribution in [2.75, 3.05) is 23.4 Å². The van der Waals surface area contributed by atoms with Crippen LogP contribution >= 0.6 is 0 Å². The summed E-state index contributed by atoms with van der Waals surface area (Å²) in [7, 11) is 0. The minimum atomic E-state index is 0.396. The van der Waals surface area contributed by atoms with Crippen molar-refractivity contribution in [1.82, 2.24) is 4.98 Å². The Morgan fingerprint density at radius 3 is 2.55 bits per heavy atom. The second-order valence-electron chi connectivity index (χ2n) is 7.05. The second-order valence-corrected chi connectivity index (χ2v) is 7.05. The molecule has 1 aromatic rings. The maximum atomic E-state index is 5.98. The Morgan fingerprint density at radius 2 is 1.91 bits per heavy atom. The standard InChI is InChI=1S/C17H26N4O/c1-11-16(20-13-4-2-12(18)3-5-13)6-7-17(19-11)21-14-8-15(21)10-22-9-14/h6-7,12-15,20H,2-5,8-10,18H2,1H3. The Kier molecular flexibility index (Phi) is 3.70. The quantitative estimate of drug-likeness (QED) is 0.895. The molecular formula is C17H26N4O. The highest BCUT2D eigenvalue weighted by atomic mass is 16.5. The van der Waals surface area contributed by atoms with Crippen LogP contribution in [0.3, 0.4) is 0 Å². The van der Waals surface area contributed by atoms with Gasteiger partial charge in [-0.15, -0.1) is 0 Å². The zero-order valence-corrected chi connectivity index (χ0v) is 13.3. The molecule has 1 aliphatic carbocycles. The molecule has 0 spiro atoms. The van der Waals surface area contributed by atoms with Crippen LogP contribution in [-0.2, 0) is 4.74 Å². The first kappa shape index (κ1) is 14.3. The maximum absolute atomic E-state index is 5.98. The number of nitrogens with two attached hydrogens (primary N) is 1. The van der Waals surface area contributed by atoms with Gasteiger partial charge >= 0.3 is 0 Å². The van der Waals surface area contributed by atoms with Crippen molar-refractivity contribution >= 4 is 11.5 Å². The number of aromatic nitrogens is 1. The van der Waals surface area contributed by atoms with E-state index >= 15 is 0 Å². The molecule has 0 amide bonds. The van der Waals surface area contributed by atoms with Crippen LogP contribution < -0.4 is 16.0 Å². The highest BCUT2D eigenvalue weighted by molar-refractivity contribution is 5.56. The summed E-state index contributed by atoms with van der Waals surface area (Å²) in [5.41, 5.74) is 8.25. The first-order valence-electron chi connectivity index (χ1n) is 8.56. The maximum Gasteiger partial charge on any atom is 0.129 e. The first-order chi connectivity index (χ1) is 10.7. The molecule has 1 aromatic heterocycles. The van der Waals surface area contributed by atoms with Gasteiger partial charge < -0.3 is 20.7 Å². The molecule has 2 unspecified atom stereocenters. The van der Waals surface area contributed by atoms with Crippen LogP contribution in [0.15, 0.2) is 12.1 Å². The number of morpholine rings is 1. The number of fused-ring (bicyclic) bond motifs is 2. The molecule has 4 rings (SSSR count). The summed E-state index contributed by atoms with van der Waals surface area (Å²) in [6.45, 7) is 3.80. The number of rotatable bonds is 3. The molecule has 2 atom stereocenters. The van der Waals surface area contributed by atoms with E-state index in [4.69, 9.17) is 15.5 Å². The molecule has 3 N–H and O–H groups in total. The Morgan fingerprint density at radius 1 is 1.18 bits per heavy atom. The van der Waals surface area contributed by atoms with Crippen molar-refractivity contribution in [3.63, 3.8) is 0 Å². The van der Waals surface area contributed by atoms with Gasteiger partial charge in [0.15, 0.2) is 0 Å². The summed E-state index contributed by atoms with van der Waals surface area (Å²) in [4.78, 5) is 7.27. The highest BCUT2D eigenvalue weighted by Gasteiger charge is 2.43. The molecule has 2 aliphatic heterocycles. The highest BCUT2D eigenvalue weighted by Crippen LogP contribution is 2.35. The summed E-state index contributed by atoms with van der Waals surface area (Å²) >= 11 is 0. The van der Waals surface area contributed by atoms with E-state index in [-0.39, 0.29) is 0 Å². The van der Waals surface area contributed by atoms with Crippen molar-refractivity contribution in [2.45, 2.75) is 63.2 Å². The van der Waals surface area contributed by atoms with Crippen molar-refractivity contribution < 1.29 is 4.74 Å². The second kappa shape index (κ2) is 5.70. The predicted molar refractivity (Wildman–Crippen MR) is 88.3 cm³/mol. The van der Waals surface area contributed by atoms with Crippen molar-refractivity contribution in [3.8, 4) is 0 Å². The molecule has 3 fully saturated rings. The smallest absolute Gasteiger partial charge is 0.129 e. The summed E-state index contributed by atoms with van der Waals surface area (Å²) in [6, 6.07) is 6.36. The lowest BCUT2D eigenvalue weighted by Crippen LogP contribution is -2.64. The van der Waals surface area contributed by atoms with Gasteiger partial charge in [-0.05, 0) is 51.2 Å². The molecule has 2 saturated heterocycles. The lowest BCUT2D eigenvalue weighted by Gasteiger charge is -2.53. The molecule has 2 bridgehead atoms. The van der Waals surface area contributed by atoms with Gasteiger partial charge in [0.25, 0.3) is 0 Å². The van der Waals surface area contributed by atoms with E-state index in [0.717, 1.165) is 50.4 Å². The summed E-state index contributed by atoms with van der Waals surface area (Å²) < 4.78 is 5.55. The molecule has 5 heteroatoms. The van der Waals surface area contributed by atoms with E-state index in [1.165, 1.54) is 12.1 Å². The van der Waals surface area contributed by atoms with E-state index in [2.05, 4.69) is 29.3 Å². The fourth-order valence-corrected chi connectivity index (χ4v) is 4.04. The largest absolute Gasteiger partial charge is 0.381 e. The average molecular weight is 302 g/mol. The molecule has 120 valence electrons. The van der Waals surface area contributed by atoms with Gasteiger partial charge in [0.2, 0.25) is 0 Å². The third kappa shape index (κ3) is 2.57. The van der Waals surface area contributed by atoms with E-state index in [1.807, 2.05) is 0 Å². The molecule has 3 aliphatic rings. The predicted octanol–water partition coefficient (Wildman–Crippen LogP) is 2.05. The third-order valence-electron chi connectivity index (χ3n) is 5.42. The zero-order chi connectivity index (χ0) is 15.1. The average Bonchev–Trinajstić information content (AvgIpc) is 2.53. The van der Waals surface area contributed by atoms with E-state index in [9.17, 15) is 0 Å². The minimum absolute atomic E-state index is 0.396. The summed E-state index contributed by atoms with van der Waals surface area (Å²) in [5, 5.41) is 3.66. The Balaban J connectivity index is 1.44. The Bertz CT molecular complexity index is 527. The van der Waals surface area contributed by atoms with Crippen LogP contribution in [0.25, 0.3) is 0 Å². The number of ether oxygens (including phenoxy) is 1. The van der Waals surface area contributed by atoms with Gasteiger partial charge in [0.05, 0.1) is 36.7 Å². The molecule has 3 heterocycles. The van der Waals surface area contributed by atoms with Gasteiger partial charge in [0, 0.05) is 12.1 Å². The van der Waals surface area contributed by atoms with E-state index in [1.54, 1.807) is 0 Å². The van der Waals surface area contributed by atoms with Crippen LogP contribution in [-0.4, -0.2) is 42.4 Å². The Labute approximate surface area is 132 Å². The molecule has 22 heavy (non-hydrogen) atoms. The van der Waals surface area contributed by atoms with Crippen molar-refractivity contribution in [1.29, 1.82) is 0 Å². The zero-order valence-electron chi connectivity index (χ0n) is 13.3. The van der Waals surface area contributed by atoms with Crippen LogP contribution in [0.5, 0.6) is 0 Å². The number of anilines is 2. The van der Waals surface area contributed by atoms with Gasteiger partial charge in [-0.3, -0.25) is 0 Å². The van der Waals surface area contributed by atoms with Gasteiger partial charge in [0.1, 0.15) is 5.82 Å². The number of hydrogen-bond acceptors (Lipinski definition) is 5. The monoisotopic (exact) mass is 302 g/mol. The number of pyridine rings is 1. The van der Waals surface area contributed by atoms with Crippen LogP contribution in [0.4, 0.5) is 11.5 Å². The van der Waals surface area contributed by atoms with Crippen LogP contribution in [0.2, 0.25) is 0 Å². The van der Waals surface area contributed by atoms with Crippen molar-refractivity contribution in [2.24, 2.45) is 5.73 Å². The first-order valence-corrected chi connectivity index (χ1v) is 8.56. The molecule has 5 nitrogen and oxygen atoms in total. The fourth-order valence-electron chi connectivity index (χ4n) is 4.04. The molecule has 0 radical (unpaired) electrons. The van der Waals surface area contributed by atoms with Crippen LogP contribution in [0.1, 0.15) is 37.8 Å². The summed E-state index contributed by atoms with van der Waals surface area (Å²) in [6.07, 6.45) is 5.83. The van der Waals surface area contributed by atoms with E-state index in [0.29, 0.717) is 24.2 Å². The summed E-state index contributed by atoms with van der Waals surface area (Å²) in [5.74, 6) is 1.11. The number of nitrogens with zero attached hydrogens (tertiary/aromatic N) is 2. The Hall–Kier alpha value is -1.33. The number of nitrogens with one attached hydrogen (secondary N) is 1. The van der Waals surface area contributed by atoms with Gasteiger partial charge in [-0.1, -0.05) is 0 Å².